The maximum Gasteiger partial charge on any atom is 0.254 e. The van der Waals surface area contributed by atoms with Gasteiger partial charge in [0.25, 0.3) is 5.91 Å². The van der Waals surface area contributed by atoms with E-state index in [9.17, 15) is 19.8 Å². The molecule has 38 heavy (non-hydrogen) atoms. The zero-order chi connectivity index (χ0) is 27.0. The number of phenols is 1. The Labute approximate surface area is 226 Å². The van der Waals surface area contributed by atoms with Gasteiger partial charge in [-0.25, -0.2) is 4.98 Å². The molecule has 3 atom stereocenters. The van der Waals surface area contributed by atoms with Gasteiger partial charge in [0.2, 0.25) is 5.91 Å². The van der Waals surface area contributed by atoms with Crippen molar-refractivity contribution in [1.82, 2.24) is 20.1 Å². The number of fused-ring (bicyclic) bond motifs is 1. The topological polar surface area (TPSA) is 106 Å². The molecular formula is C29H34N4O4S. The van der Waals surface area contributed by atoms with Gasteiger partial charge in [-0.05, 0) is 42.5 Å². The first-order chi connectivity index (χ1) is 18.2. The van der Waals surface area contributed by atoms with Crippen molar-refractivity contribution in [1.29, 1.82) is 0 Å². The number of rotatable bonds is 8. The first kappa shape index (κ1) is 26.3. The van der Waals surface area contributed by atoms with E-state index in [1.807, 2.05) is 53.1 Å². The number of nitrogens with one attached hydrogen (secondary N) is 1. The predicted octanol–water partition coefficient (Wildman–Crippen LogP) is 3.56. The van der Waals surface area contributed by atoms with Gasteiger partial charge in [0.1, 0.15) is 5.75 Å². The molecule has 9 heteroatoms. The van der Waals surface area contributed by atoms with E-state index in [2.05, 4.69) is 24.1 Å². The molecule has 1 aromatic heterocycles. The molecule has 3 unspecified atom stereocenters. The van der Waals surface area contributed by atoms with Gasteiger partial charge in [-0.2, -0.15) is 0 Å². The fourth-order valence-electron chi connectivity index (χ4n) is 5.54. The largest absolute Gasteiger partial charge is 0.508 e. The van der Waals surface area contributed by atoms with Crippen LogP contribution in [-0.4, -0.2) is 68.1 Å². The summed E-state index contributed by atoms with van der Waals surface area (Å²) in [6.07, 6.45) is -0.277. The summed E-state index contributed by atoms with van der Waals surface area (Å²) in [7, 11) is 0. The van der Waals surface area contributed by atoms with Crippen LogP contribution in [0.15, 0.2) is 48.0 Å². The highest BCUT2D eigenvalue weighted by atomic mass is 32.1. The van der Waals surface area contributed by atoms with Gasteiger partial charge in [-0.1, -0.05) is 44.2 Å². The maximum atomic E-state index is 13.3. The van der Waals surface area contributed by atoms with E-state index in [4.69, 9.17) is 0 Å². The zero-order valence-electron chi connectivity index (χ0n) is 21.9. The van der Waals surface area contributed by atoms with Crippen molar-refractivity contribution in [2.24, 2.45) is 5.92 Å². The fourth-order valence-corrected chi connectivity index (χ4v) is 6.34. The Hall–Kier alpha value is -3.27. The number of aromatic hydroxyl groups is 1. The molecule has 0 spiro atoms. The van der Waals surface area contributed by atoms with Gasteiger partial charge in [0.15, 0.2) is 0 Å². The second-order valence-electron chi connectivity index (χ2n) is 10.6. The van der Waals surface area contributed by atoms with Gasteiger partial charge in [0.05, 0.1) is 28.2 Å². The number of aryl methyl sites for hydroxylation is 1. The van der Waals surface area contributed by atoms with Crippen molar-refractivity contribution in [3.05, 3.63) is 70.4 Å². The Morgan fingerprint density at radius 2 is 2.03 bits per heavy atom. The van der Waals surface area contributed by atoms with Crippen LogP contribution in [0.5, 0.6) is 5.75 Å². The third-order valence-corrected chi connectivity index (χ3v) is 8.65. The molecule has 3 N–H and O–H groups in total. The number of aromatic nitrogens is 1. The SMILES string of the molecule is Cc1ncsc1-c1ccc(CNC(=O)C2CC(O)CN2CC(C(C)C)N2Cc3ccccc3C2=O)c(O)c1. The monoisotopic (exact) mass is 534 g/mol. The van der Waals surface area contributed by atoms with Crippen LogP contribution < -0.4 is 5.32 Å². The minimum atomic E-state index is -0.611. The molecule has 3 aromatic rings. The third kappa shape index (κ3) is 5.18. The number of carbonyl (C=O) groups is 2. The Balaban J connectivity index is 1.25. The minimum absolute atomic E-state index is 0.0208. The molecule has 2 aliphatic heterocycles. The Morgan fingerprint density at radius 1 is 1.24 bits per heavy atom. The van der Waals surface area contributed by atoms with Crippen LogP contribution in [0.2, 0.25) is 0 Å². The predicted molar refractivity (Wildman–Crippen MR) is 147 cm³/mol. The number of likely N-dealkylation sites (tertiary alicyclic amines) is 1. The number of benzene rings is 2. The second-order valence-corrected chi connectivity index (χ2v) is 11.4. The Morgan fingerprint density at radius 3 is 2.71 bits per heavy atom. The fraction of sp³-hybridized carbons (Fsp3) is 0.414. The van der Waals surface area contributed by atoms with Crippen molar-refractivity contribution < 1.29 is 19.8 Å². The molecule has 2 amide bonds. The molecular weight excluding hydrogens is 500 g/mol. The van der Waals surface area contributed by atoms with E-state index >= 15 is 0 Å². The number of aliphatic hydroxyl groups excluding tert-OH is 1. The summed E-state index contributed by atoms with van der Waals surface area (Å²) < 4.78 is 0. The summed E-state index contributed by atoms with van der Waals surface area (Å²) >= 11 is 1.52. The highest BCUT2D eigenvalue weighted by Gasteiger charge is 2.41. The van der Waals surface area contributed by atoms with E-state index in [1.54, 1.807) is 11.6 Å². The first-order valence-electron chi connectivity index (χ1n) is 13.0. The summed E-state index contributed by atoms with van der Waals surface area (Å²) in [4.78, 5) is 35.6. The lowest BCUT2D eigenvalue weighted by Gasteiger charge is -2.36. The van der Waals surface area contributed by atoms with Crippen LogP contribution in [0, 0.1) is 12.8 Å². The zero-order valence-corrected chi connectivity index (χ0v) is 22.7. The van der Waals surface area contributed by atoms with Crippen LogP contribution in [0.3, 0.4) is 0 Å². The molecule has 8 nitrogen and oxygen atoms in total. The molecule has 1 fully saturated rings. The molecule has 0 aliphatic carbocycles. The number of hydrogen-bond donors (Lipinski definition) is 3. The number of carbonyl (C=O) groups excluding carboxylic acids is 2. The van der Waals surface area contributed by atoms with Gasteiger partial charge in [-0.15, -0.1) is 11.3 Å². The molecule has 2 aromatic carbocycles. The van der Waals surface area contributed by atoms with Crippen molar-refractivity contribution in [2.75, 3.05) is 13.1 Å². The highest BCUT2D eigenvalue weighted by Crippen LogP contribution is 2.32. The van der Waals surface area contributed by atoms with Gasteiger partial charge in [0, 0.05) is 43.3 Å². The summed E-state index contributed by atoms with van der Waals surface area (Å²) in [5, 5.41) is 24.0. The normalized spacial score (nSPS) is 20.2. The standard InChI is InChI=1S/C29H34N4O4S/c1-17(2)25(33-13-21-6-4-5-7-23(21)29(33)37)15-32-14-22(34)11-24(32)28(36)30-12-20-9-8-19(10-26(20)35)27-18(3)31-16-38-27/h4-10,16-17,22,24-25,34-35H,11-15H2,1-3H3,(H,30,36). The highest BCUT2D eigenvalue weighted by molar-refractivity contribution is 7.13. The van der Waals surface area contributed by atoms with Crippen LogP contribution in [-0.2, 0) is 17.9 Å². The van der Waals surface area contributed by atoms with Crippen molar-refractivity contribution in [2.45, 2.75) is 58.5 Å². The Kier molecular flexibility index (Phi) is 7.52. The Bertz CT molecular complexity index is 1340. The van der Waals surface area contributed by atoms with E-state index in [1.165, 1.54) is 11.3 Å². The third-order valence-electron chi connectivity index (χ3n) is 7.67. The van der Waals surface area contributed by atoms with Crippen LogP contribution in [0.25, 0.3) is 10.4 Å². The summed E-state index contributed by atoms with van der Waals surface area (Å²) in [5.41, 5.74) is 5.96. The van der Waals surface area contributed by atoms with Gasteiger partial charge in [-0.3, -0.25) is 14.5 Å². The van der Waals surface area contributed by atoms with E-state index in [0.29, 0.717) is 31.6 Å². The van der Waals surface area contributed by atoms with Crippen molar-refractivity contribution >= 4 is 23.2 Å². The van der Waals surface area contributed by atoms with Gasteiger partial charge < -0.3 is 20.4 Å². The van der Waals surface area contributed by atoms with Crippen LogP contribution in [0.1, 0.15) is 47.4 Å². The van der Waals surface area contributed by atoms with Crippen LogP contribution >= 0.6 is 11.3 Å². The maximum absolute atomic E-state index is 13.3. The molecule has 5 rings (SSSR count). The molecule has 3 heterocycles. The number of aliphatic hydroxyl groups is 1. The summed E-state index contributed by atoms with van der Waals surface area (Å²) in [6.45, 7) is 7.72. The second kappa shape index (κ2) is 10.8. The van der Waals surface area contributed by atoms with E-state index < -0.39 is 12.1 Å². The number of amides is 2. The average molecular weight is 535 g/mol. The number of β-amino-alcohol motifs (C(OH)–C–C–N with tert-alkyl or cyclic N) is 1. The lowest BCUT2D eigenvalue weighted by Crippen LogP contribution is -2.51. The van der Waals surface area contributed by atoms with Crippen molar-refractivity contribution in [3.63, 3.8) is 0 Å². The number of thiazole rings is 1. The lowest BCUT2D eigenvalue weighted by atomic mass is 10.0. The van der Waals surface area contributed by atoms with Crippen LogP contribution in [0.4, 0.5) is 0 Å². The lowest BCUT2D eigenvalue weighted by molar-refractivity contribution is -0.126. The summed E-state index contributed by atoms with van der Waals surface area (Å²) in [5.74, 6) is 0.118. The number of nitrogens with zero attached hydrogens (tertiary/aromatic N) is 3. The number of hydrogen-bond acceptors (Lipinski definition) is 7. The first-order valence-corrected chi connectivity index (χ1v) is 13.9. The minimum Gasteiger partial charge on any atom is -0.508 e. The molecule has 200 valence electrons. The molecule has 0 bridgehead atoms. The van der Waals surface area contributed by atoms with Crippen molar-refractivity contribution in [3.8, 4) is 16.2 Å². The summed E-state index contributed by atoms with van der Waals surface area (Å²) in [6, 6.07) is 12.5. The van der Waals surface area contributed by atoms with E-state index in [-0.39, 0.29) is 36.1 Å². The molecule has 0 radical (unpaired) electrons. The van der Waals surface area contributed by atoms with E-state index in [0.717, 1.165) is 27.3 Å². The van der Waals surface area contributed by atoms with Gasteiger partial charge >= 0.3 is 0 Å². The smallest absolute Gasteiger partial charge is 0.254 e. The molecule has 2 aliphatic rings. The number of phenolic OH excluding ortho intramolecular Hbond substituents is 1. The molecule has 0 saturated carbocycles. The molecule has 1 saturated heterocycles. The quantitative estimate of drug-likeness (QED) is 0.408. The average Bonchev–Trinajstić information content (AvgIpc) is 3.58.